The van der Waals surface area contributed by atoms with Crippen molar-refractivity contribution in [3.63, 3.8) is 0 Å². The van der Waals surface area contributed by atoms with Gasteiger partial charge in [0.15, 0.2) is 0 Å². The van der Waals surface area contributed by atoms with Crippen molar-refractivity contribution >= 4 is 33.4 Å². The smallest absolute Gasteiger partial charge is 0.320 e. The van der Waals surface area contributed by atoms with E-state index >= 15 is 0 Å². The number of nitrogens with one attached hydrogen (secondary N) is 2. The standard InChI is InChI=1S/C22H20N4O/c1-3-24-22(27)26-21-20(18-7-5-4-6-16(18)12-25-21)17-10-14(2)19-13-23-9-8-15(19)11-17/h4-13H,3H2,1-2H3,(H2,24,25,26,27). The molecule has 4 aromatic rings. The van der Waals surface area contributed by atoms with E-state index in [1.54, 1.807) is 12.4 Å². The number of amides is 2. The summed E-state index contributed by atoms with van der Waals surface area (Å²) >= 11 is 0. The summed E-state index contributed by atoms with van der Waals surface area (Å²) in [5.74, 6) is 0.549. The molecule has 4 rings (SSSR count). The molecule has 0 spiro atoms. The minimum absolute atomic E-state index is 0.261. The molecule has 0 aliphatic carbocycles. The average molecular weight is 356 g/mol. The number of pyridine rings is 2. The Morgan fingerprint density at radius 3 is 2.74 bits per heavy atom. The second kappa shape index (κ2) is 7.03. The molecule has 2 aromatic heterocycles. The highest BCUT2D eigenvalue weighted by molar-refractivity contribution is 6.06. The van der Waals surface area contributed by atoms with E-state index in [1.807, 2.05) is 37.4 Å². The van der Waals surface area contributed by atoms with Crippen LogP contribution in [0.2, 0.25) is 0 Å². The summed E-state index contributed by atoms with van der Waals surface area (Å²) in [7, 11) is 0. The van der Waals surface area contributed by atoms with E-state index in [0.717, 1.165) is 38.2 Å². The van der Waals surface area contributed by atoms with Crippen LogP contribution in [0.1, 0.15) is 12.5 Å². The monoisotopic (exact) mass is 356 g/mol. The van der Waals surface area contributed by atoms with Gasteiger partial charge in [-0.05, 0) is 47.9 Å². The third-order valence-corrected chi connectivity index (χ3v) is 4.62. The van der Waals surface area contributed by atoms with Crippen LogP contribution in [-0.4, -0.2) is 22.5 Å². The lowest BCUT2D eigenvalue weighted by Crippen LogP contribution is -2.28. The Morgan fingerprint density at radius 1 is 1.04 bits per heavy atom. The van der Waals surface area contributed by atoms with Crippen LogP contribution in [0.25, 0.3) is 32.7 Å². The number of nitrogens with zero attached hydrogens (tertiary/aromatic N) is 2. The lowest BCUT2D eigenvalue weighted by atomic mass is 9.95. The number of carbonyl (C=O) groups excluding carboxylic acids is 1. The molecule has 134 valence electrons. The van der Waals surface area contributed by atoms with Gasteiger partial charge in [-0.25, -0.2) is 9.78 Å². The van der Waals surface area contributed by atoms with Gasteiger partial charge in [0.2, 0.25) is 0 Å². The van der Waals surface area contributed by atoms with E-state index in [2.05, 4.69) is 45.7 Å². The molecular weight excluding hydrogens is 336 g/mol. The fourth-order valence-electron chi connectivity index (χ4n) is 3.39. The lowest BCUT2D eigenvalue weighted by molar-refractivity contribution is 0.252. The van der Waals surface area contributed by atoms with Gasteiger partial charge < -0.3 is 5.32 Å². The molecule has 5 nitrogen and oxygen atoms in total. The number of hydrogen-bond acceptors (Lipinski definition) is 3. The van der Waals surface area contributed by atoms with Gasteiger partial charge in [0.1, 0.15) is 5.82 Å². The molecular formula is C22H20N4O. The second-order valence-corrected chi connectivity index (χ2v) is 6.44. The molecule has 0 saturated heterocycles. The zero-order valence-electron chi connectivity index (χ0n) is 15.3. The normalized spacial score (nSPS) is 10.9. The zero-order chi connectivity index (χ0) is 18.8. The minimum Gasteiger partial charge on any atom is -0.338 e. The van der Waals surface area contributed by atoms with E-state index in [4.69, 9.17) is 0 Å². The summed E-state index contributed by atoms with van der Waals surface area (Å²) in [6.07, 6.45) is 5.46. The number of urea groups is 1. The first-order valence-corrected chi connectivity index (χ1v) is 8.94. The van der Waals surface area contributed by atoms with Crippen LogP contribution < -0.4 is 10.6 Å². The number of anilines is 1. The Labute approximate surface area is 157 Å². The number of aryl methyl sites for hydroxylation is 1. The summed E-state index contributed by atoms with van der Waals surface area (Å²) < 4.78 is 0. The summed E-state index contributed by atoms with van der Waals surface area (Å²) in [6, 6.07) is 14.1. The third-order valence-electron chi connectivity index (χ3n) is 4.62. The molecule has 0 unspecified atom stereocenters. The molecule has 2 N–H and O–H groups in total. The molecule has 5 heteroatoms. The lowest BCUT2D eigenvalue weighted by Gasteiger charge is -2.15. The quantitative estimate of drug-likeness (QED) is 0.549. The van der Waals surface area contributed by atoms with Gasteiger partial charge in [0.05, 0.1) is 0 Å². The highest BCUT2D eigenvalue weighted by atomic mass is 16.2. The number of benzene rings is 2. The van der Waals surface area contributed by atoms with Crippen molar-refractivity contribution < 1.29 is 4.79 Å². The first-order chi connectivity index (χ1) is 13.2. The molecule has 2 amide bonds. The summed E-state index contributed by atoms with van der Waals surface area (Å²) in [4.78, 5) is 20.9. The Kier molecular flexibility index (Phi) is 4.42. The molecule has 0 atom stereocenters. The summed E-state index contributed by atoms with van der Waals surface area (Å²) in [5.41, 5.74) is 3.07. The Hall–Kier alpha value is -3.47. The third kappa shape index (κ3) is 3.19. The van der Waals surface area contributed by atoms with E-state index in [9.17, 15) is 4.79 Å². The van der Waals surface area contributed by atoms with Gasteiger partial charge in [0, 0.05) is 41.5 Å². The Morgan fingerprint density at radius 2 is 1.89 bits per heavy atom. The van der Waals surface area contributed by atoms with Crippen molar-refractivity contribution in [3.8, 4) is 11.1 Å². The van der Waals surface area contributed by atoms with Gasteiger partial charge in [-0.15, -0.1) is 0 Å². The molecule has 0 bridgehead atoms. The van der Waals surface area contributed by atoms with Crippen LogP contribution in [-0.2, 0) is 0 Å². The maximum Gasteiger partial charge on any atom is 0.320 e. The first kappa shape index (κ1) is 17.0. The number of carbonyl (C=O) groups is 1. The van der Waals surface area contributed by atoms with Gasteiger partial charge in [-0.2, -0.15) is 0 Å². The van der Waals surface area contributed by atoms with Gasteiger partial charge >= 0.3 is 6.03 Å². The zero-order valence-corrected chi connectivity index (χ0v) is 15.3. The Balaban J connectivity index is 1.97. The van der Waals surface area contributed by atoms with Crippen LogP contribution in [0, 0.1) is 6.92 Å². The van der Waals surface area contributed by atoms with Gasteiger partial charge in [-0.3, -0.25) is 10.3 Å². The molecule has 0 aliphatic heterocycles. The molecule has 0 saturated carbocycles. The molecule has 0 aliphatic rings. The summed E-state index contributed by atoms with van der Waals surface area (Å²) in [5, 5.41) is 9.96. The van der Waals surface area contributed by atoms with Crippen molar-refractivity contribution in [1.82, 2.24) is 15.3 Å². The highest BCUT2D eigenvalue weighted by Gasteiger charge is 2.15. The SMILES string of the molecule is CCNC(=O)Nc1ncc2ccccc2c1-c1cc(C)c2cnccc2c1. The van der Waals surface area contributed by atoms with E-state index in [-0.39, 0.29) is 6.03 Å². The maximum absolute atomic E-state index is 12.1. The predicted molar refractivity (Wildman–Crippen MR) is 110 cm³/mol. The fraction of sp³-hybridized carbons (Fsp3) is 0.136. The van der Waals surface area contributed by atoms with Crippen molar-refractivity contribution in [3.05, 3.63) is 66.6 Å². The van der Waals surface area contributed by atoms with Gasteiger partial charge in [0.25, 0.3) is 0 Å². The van der Waals surface area contributed by atoms with Crippen molar-refractivity contribution in [2.75, 3.05) is 11.9 Å². The van der Waals surface area contributed by atoms with Crippen LogP contribution >= 0.6 is 0 Å². The molecule has 27 heavy (non-hydrogen) atoms. The topological polar surface area (TPSA) is 66.9 Å². The average Bonchev–Trinajstić information content (AvgIpc) is 2.68. The Bertz CT molecular complexity index is 1150. The van der Waals surface area contributed by atoms with E-state index in [1.165, 1.54) is 0 Å². The number of hydrogen-bond donors (Lipinski definition) is 2. The number of fused-ring (bicyclic) bond motifs is 2. The molecule has 2 heterocycles. The fourth-order valence-corrected chi connectivity index (χ4v) is 3.39. The highest BCUT2D eigenvalue weighted by Crippen LogP contribution is 2.36. The van der Waals surface area contributed by atoms with Crippen LogP contribution in [0.4, 0.5) is 10.6 Å². The second-order valence-electron chi connectivity index (χ2n) is 6.44. The summed E-state index contributed by atoms with van der Waals surface area (Å²) in [6.45, 7) is 4.51. The minimum atomic E-state index is -0.261. The van der Waals surface area contributed by atoms with Crippen molar-refractivity contribution in [2.45, 2.75) is 13.8 Å². The van der Waals surface area contributed by atoms with Gasteiger partial charge in [-0.1, -0.05) is 30.3 Å². The van der Waals surface area contributed by atoms with Crippen LogP contribution in [0.3, 0.4) is 0 Å². The van der Waals surface area contributed by atoms with E-state index in [0.29, 0.717) is 12.4 Å². The molecule has 0 fully saturated rings. The van der Waals surface area contributed by atoms with Crippen LogP contribution in [0.5, 0.6) is 0 Å². The number of rotatable bonds is 3. The van der Waals surface area contributed by atoms with E-state index < -0.39 is 0 Å². The van der Waals surface area contributed by atoms with Crippen LogP contribution in [0.15, 0.2) is 61.1 Å². The van der Waals surface area contributed by atoms with Crippen molar-refractivity contribution in [1.29, 1.82) is 0 Å². The molecule has 0 radical (unpaired) electrons. The maximum atomic E-state index is 12.1. The first-order valence-electron chi connectivity index (χ1n) is 8.94. The number of aromatic nitrogens is 2. The largest absolute Gasteiger partial charge is 0.338 e. The molecule has 2 aromatic carbocycles. The predicted octanol–water partition coefficient (Wildman–Crippen LogP) is 4.90. The van der Waals surface area contributed by atoms with Crippen molar-refractivity contribution in [2.24, 2.45) is 0 Å².